The van der Waals surface area contributed by atoms with Gasteiger partial charge < -0.3 is 29.7 Å². The number of ether oxygens (including phenoxy) is 3. The fourth-order valence-corrected chi connectivity index (χ4v) is 7.70. The molecule has 1 aromatic rings. The summed E-state index contributed by atoms with van der Waals surface area (Å²) in [5.41, 5.74) is -2.81. The van der Waals surface area contributed by atoms with Gasteiger partial charge in [-0.15, -0.1) is 13.2 Å². The number of rotatable bonds is 7. The first-order chi connectivity index (χ1) is 24.3. The third kappa shape index (κ3) is 9.95. The van der Waals surface area contributed by atoms with Crippen molar-refractivity contribution in [1.29, 1.82) is 0 Å². The summed E-state index contributed by atoms with van der Waals surface area (Å²) in [4.78, 5) is 68.9. The summed E-state index contributed by atoms with van der Waals surface area (Å²) < 4.78 is 80.8. The van der Waals surface area contributed by atoms with E-state index in [0.29, 0.717) is 38.5 Å². The summed E-state index contributed by atoms with van der Waals surface area (Å²) in [5, 5.41) is 4.59. The van der Waals surface area contributed by atoms with Crippen molar-refractivity contribution in [2.75, 3.05) is 6.54 Å². The van der Waals surface area contributed by atoms with Crippen LogP contribution in [-0.2, 0) is 33.9 Å². The molecule has 2 aliphatic heterocycles. The number of hydrogen-bond acceptors (Lipinski definition) is 10. The van der Waals surface area contributed by atoms with Crippen molar-refractivity contribution in [3.05, 3.63) is 42.0 Å². The van der Waals surface area contributed by atoms with Gasteiger partial charge in [0.25, 0.3) is 5.91 Å². The lowest BCUT2D eigenvalue weighted by Gasteiger charge is -2.30. The van der Waals surface area contributed by atoms with Crippen molar-refractivity contribution in [2.24, 2.45) is 5.92 Å². The Morgan fingerprint density at radius 2 is 1.77 bits per heavy atom. The van der Waals surface area contributed by atoms with E-state index in [9.17, 15) is 45.6 Å². The van der Waals surface area contributed by atoms with Crippen molar-refractivity contribution < 1.29 is 59.8 Å². The van der Waals surface area contributed by atoms with E-state index in [1.54, 1.807) is 26.8 Å². The van der Waals surface area contributed by atoms with Crippen LogP contribution in [0.1, 0.15) is 88.9 Å². The van der Waals surface area contributed by atoms with Crippen LogP contribution in [0.2, 0.25) is 0 Å². The molecule has 0 bridgehead atoms. The Labute approximate surface area is 299 Å². The molecule has 0 radical (unpaired) electrons. The quantitative estimate of drug-likeness (QED) is 0.274. The number of allylic oxidation sites excluding steroid dienone is 1. The lowest BCUT2D eigenvalue weighted by Crippen LogP contribution is -2.58. The molecule has 0 spiro atoms. The highest BCUT2D eigenvalue weighted by Gasteiger charge is 2.62. The third-order valence-electron chi connectivity index (χ3n) is 9.11. The highest BCUT2D eigenvalue weighted by Crippen LogP contribution is 2.46. The fourth-order valence-electron chi connectivity index (χ4n) is 6.34. The number of alkyl halides is 3. The van der Waals surface area contributed by atoms with E-state index in [4.69, 9.17) is 9.47 Å². The average Bonchev–Trinajstić information content (AvgIpc) is 3.95. The second kappa shape index (κ2) is 14.9. The van der Waals surface area contributed by atoms with Crippen molar-refractivity contribution in [2.45, 2.75) is 119 Å². The SMILES string of the molecule is CC(C)(C)OC(=O)NC1CCCCC/C=C/C2CC2(C(=O)NS(=O)(=O)C2CC2)NC(=O)C2CC(OC(=O)c3cccc(OC(F)(F)F)c3)CN2C1=O. The zero-order valence-corrected chi connectivity index (χ0v) is 29.8. The molecule has 2 aliphatic carbocycles. The number of fused-ring (bicyclic) bond motifs is 2. The van der Waals surface area contributed by atoms with E-state index in [1.807, 2.05) is 6.08 Å². The maximum atomic E-state index is 14.2. The average molecular weight is 757 g/mol. The molecule has 286 valence electrons. The third-order valence-corrected chi connectivity index (χ3v) is 10.9. The molecule has 0 aromatic heterocycles. The Balaban J connectivity index is 1.42. The molecule has 3 fully saturated rings. The first-order valence-corrected chi connectivity index (χ1v) is 18.7. The van der Waals surface area contributed by atoms with Gasteiger partial charge in [0.1, 0.15) is 35.1 Å². The molecule has 2 saturated carbocycles. The summed E-state index contributed by atoms with van der Waals surface area (Å²) in [6, 6.07) is 1.69. The van der Waals surface area contributed by atoms with Crippen molar-refractivity contribution in [1.82, 2.24) is 20.3 Å². The number of halogens is 3. The van der Waals surface area contributed by atoms with Gasteiger partial charge in [-0.3, -0.25) is 19.1 Å². The van der Waals surface area contributed by atoms with Gasteiger partial charge in [-0.05, 0) is 77.5 Å². The van der Waals surface area contributed by atoms with E-state index in [0.717, 1.165) is 23.1 Å². The summed E-state index contributed by atoms with van der Waals surface area (Å²) in [6.45, 7) is 4.61. The minimum atomic E-state index is -5.01. The van der Waals surface area contributed by atoms with Gasteiger partial charge in [-0.25, -0.2) is 18.0 Å². The first kappa shape index (κ1) is 38.9. The molecule has 3 N–H and O–H groups in total. The summed E-state index contributed by atoms with van der Waals surface area (Å²) >= 11 is 0. The fraction of sp³-hybridized carbons (Fsp3) is 0.618. The molecule has 18 heteroatoms. The molecule has 14 nitrogen and oxygen atoms in total. The maximum absolute atomic E-state index is 14.2. The van der Waals surface area contributed by atoms with Crippen LogP contribution in [-0.4, -0.2) is 90.6 Å². The normalized spacial score (nSPS) is 27.8. The molecule has 5 rings (SSSR count). The first-order valence-electron chi connectivity index (χ1n) is 17.2. The van der Waals surface area contributed by atoms with E-state index in [1.165, 1.54) is 6.07 Å². The number of sulfonamides is 1. The molecule has 1 saturated heterocycles. The lowest BCUT2D eigenvalue weighted by molar-refractivity contribution is -0.274. The molecular weight excluding hydrogens is 713 g/mol. The number of carbonyl (C=O) groups excluding carboxylic acids is 5. The van der Waals surface area contributed by atoms with Crippen LogP contribution in [0.5, 0.6) is 5.75 Å². The van der Waals surface area contributed by atoms with Gasteiger partial charge >= 0.3 is 18.4 Å². The predicted octanol–water partition coefficient (Wildman–Crippen LogP) is 3.61. The summed E-state index contributed by atoms with van der Waals surface area (Å²) in [7, 11) is -3.97. The Hall–Kier alpha value is -4.35. The highest BCUT2D eigenvalue weighted by atomic mass is 32.2. The largest absolute Gasteiger partial charge is 0.573 e. The summed E-state index contributed by atoms with van der Waals surface area (Å²) in [5.74, 6) is -4.68. The number of nitrogens with zero attached hydrogens (tertiary/aromatic N) is 1. The van der Waals surface area contributed by atoms with E-state index in [2.05, 4.69) is 20.1 Å². The van der Waals surface area contributed by atoms with E-state index >= 15 is 0 Å². The van der Waals surface area contributed by atoms with Gasteiger partial charge in [0.05, 0.1) is 17.4 Å². The number of esters is 1. The number of hydrogen-bond donors (Lipinski definition) is 3. The number of nitrogens with one attached hydrogen (secondary N) is 3. The Morgan fingerprint density at radius 1 is 1.04 bits per heavy atom. The zero-order chi connectivity index (χ0) is 38.1. The van der Waals surface area contributed by atoms with Crippen LogP contribution in [0.25, 0.3) is 0 Å². The monoisotopic (exact) mass is 756 g/mol. The minimum Gasteiger partial charge on any atom is -0.457 e. The highest BCUT2D eigenvalue weighted by molar-refractivity contribution is 7.91. The van der Waals surface area contributed by atoms with Crippen molar-refractivity contribution >= 4 is 39.8 Å². The van der Waals surface area contributed by atoms with Crippen molar-refractivity contribution in [3.8, 4) is 5.75 Å². The topological polar surface area (TPSA) is 187 Å². The molecule has 1 aromatic carbocycles. The lowest BCUT2D eigenvalue weighted by atomic mass is 10.0. The molecule has 4 aliphatic rings. The van der Waals surface area contributed by atoms with E-state index < -0.39 is 92.4 Å². The van der Waals surface area contributed by atoms with Gasteiger partial charge in [-0.1, -0.05) is 31.1 Å². The van der Waals surface area contributed by atoms with Crippen LogP contribution >= 0.6 is 0 Å². The molecule has 5 atom stereocenters. The van der Waals surface area contributed by atoms with Gasteiger partial charge in [0.2, 0.25) is 21.8 Å². The van der Waals surface area contributed by atoms with Crippen molar-refractivity contribution in [3.63, 3.8) is 0 Å². The number of alkyl carbamates (subject to hydrolysis) is 1. The number of amides is 4. The van der Waals surface area contributed by atoms with Crippen LogP contribution in [0.3, 0.4) is 0 Å². The Kier molecular flexibility index (Phi) is 11.2. The zero-order valence-electron chi connectivity index (χ0n) is 29.0. The van der Waals surface area contributed by atoms with Gasteiger partial charge in [0, 0.05) is 12.3 Å². The second-order valence-corrected chi connectivity index (χ2v) is 16.5. The van der Waals surface area contributed by atoms with Crippen LogP contribution in [0.4, 0.5) is 18.0 Å². The van der Waals surface area contributed by atoms with E-state index in [-0.39, 0.29) is 31.4 Å². The molecule has 4 amide bonds. The Bertz CT molecular complexity index is 1710. The van der Waals surface area contributed by atoms with Crippen LogP contribution in [0.15, 0.2) is 36.4 Å². The van der Waals surface area contributed by atoms with Gasteiger partial charge in [0.15, 0.2) is 0 Å². The standard InChI is InChI=1S/C34H43F3N4O10S/c1-32(2,3)51-31(46)38-25-13-8-6-4-5-7-11-21-18-33(21,30(45)40-52(47,48)24-14-15-24)39-27(42)26-17-23(19-41(26)28(25)43)49-29(44)20-10-9-12-22(16-20)50-34(35,36)37/h7,9-12,16,21,23-26H,4-6,8,13-15,17-19H2,1-3H3,(H,38,46)(H,39,42)(H,40,45)/b11-7+. The number of benzene rings is 1. The maximum Gasteiger partial charge on any atom is 0.573 e. The number of carbonyl (C=O) groups is 5. The summed E-state index contributed by atoms with van der Waals surface area (Å²) in [6.07, 6.45) is -0.104. The molecule has 2 heterocycles. The molecule has 5 unspecified atom stereocenters. The van der Waals surface area contributed by atoms with Gasteiger partial charge in [-0.2, -0.15) is 0 Å². The smallest absolute Gasteiger partial charge is 0.457 e. The molecular formula is C34H43F3N4O10S. The molecule has 52 heavy (non-hydrogen) atoms. The second-order valence-electron chi connectivity index (χ2n) is 14.6. The predicted molar refractivity (Wildman–Crippen MR) is 177 cm³/mol. The Morgan fingerprint density at radius 3 is 2.44 bits per heavy atom. The van der Waals surface area contributed by atoms with Crippen LogP contribution in [0, 0.1) is 5.92 Å². The minimum absolute atomic E-state index is 0.0967. The van der Waals surface area contributed by atoms with Crippen LogP contribution < -0.4 is 20.1 Å².